The monoisotopic (exact) mass is 332 g/mol. The second-order valence-corrected chi connectivity index (χ2v) is 6.80. The van der Waals surface area contributed by atoms with Gasteiger partial charge in [0.15, 0.2) is 5.82 Å². The van der Waals surface area contributed by atoms with Crippen LogP contribution >= 0.6 is 11.8 Å². The van der Waals surface area contributed by atoms with Gasteiger partial charge in [-0.2, -0.15) is 16.9 Å². The molecular formula is C17H24N4OS. The van der Waals surface area contributed by atoms with Crippen molar-refractivity contribution in [1.82, 2.24) is 20.1 Å². The Balaban J connectivity index is 1.42. The number of aryl methyl sites for hydroxylation is 1. The standard InChI is InChI=1S/C17H24N4OS/c1-2-16-18-17(20-19-16)15-12-21(8-10-22-15)9-11-23-13-14-6-4-3-5-7-14/h3-7,15H,2,8-13H2,1H3,(H,18,19,20). The summed E-state index contributed by atoms with van der Waals surface area (Å²) in [4.78, 5) is 6.95. The van der Waals surface area contributed by atoms with Crippen molar-refractivity contribution in [3.8, 4) is 0 Å². The summed E-state index contributed by atoms with van der Waals surface area (Å²) in [5.74, 6) is 3.94. The first-order valence-corrected chi connectivity index (χ1v) is 9.37. The molecule has 1 atom stereocenters. The second kappa shape index (κ2) is 8.47. The van der Waals surface area contributed by atoms with Gasteiger partial charge in [0, 0.05) is 37.6 Å². The summed E-state index contributed by atoms with van der Waals surface area (Å²) in [7, 11) is 0. The summed E-state index contributed by atoms with van der Waals surface area (Å²) >= 11 is 1.98. The van der Waals surface area contributed by atoms with E-state index in [2.05, 4.69) is 57.3 Å². The number of morpholine rings is 1. The fourth-order valence-electron chi connectivity index (χ4n) is 2.63. The second-order valence-electron chi connectivity index (χ2n) is 5.69. The van der Waals surface area contributed by atoms with Crippen LogP contribution in [-0.4, -0.2) is 52.1 Å². The number of hydrogen-bond acceptors (Lipinski definition) is 5. The molecule has 2 heterocycles. The molecular weight excluding hydrogens is 308 g/mol. The van der Waals surface area contributed by atoms with E-state index in [1.807, 2.05) is 11.8 Å². The number of thioether (sulfide) groups is 1. The van der Waals surface area contributed by atoms with Gasteiger partial charge in [0.05, 0.1) is 6.61 Å². The molecule has 1 fully saturated rings. The van der Waals surface area contributed by atoms with E-state index in [9.17, 15) is 0 Å². The first-order chi connectivity index (χ1) is 11.3. The normalized spacial score (nSPS) is 19.1. The van der Waals surface area contributed by atoms with E-state index < -0.39 is 0 Å². The van der Waals surface area contributed by atoms with Crippen LogP contribution < -0.4 is 0 Å². The van der Waals surface area contributed by atoms with Crippen LogP contribution in [0.1, 0.15) is 30.2 Å². The molecule has 124 valence electrons. The van der Waals surface area contributed by atoms with Crippen LogP contribution in [-0.2, 0) is 16.9 Å². The van der Waals surface area contributed by atoms with Gasteiger partial charge in [0.2, 0.25) is 0 Å². The third kappa shape index (κ3) is 4.80. The molecule has 3 rings (SSSR count). The average molecular weight is 332 g/mol. The minimum atomic E-state index is -0.000534. The van der Waals surface area contributed by atoms with Crippen molar-refractivity contribution < 1.29 is 4.74 Å². The lowest BCUT2D eigenvalue weighted by atomic mass is 10.2. The van der Waals surface area contributed by atoms with Gasteiger partial charge >= 0.3 is 0 Å². The lowest BCUT2D eigenvalue weighted by molar-refractivity contribution is -0.0320. The molecule has 0 amide bonds. The SMILES string of the molecule is CCc1nc(C2CN(CCSCc3ccccc3)CCO2)n[nH]1. The zero-order valence-electron chi connectivity index (χ0n) is 13.6. The van der Waals surface area contributed by atoms with Crippen LogP contribution in [0.5, 0.6) is 0 Å². The molecule has 0 bridgehead atoms. The van der Waals surface area contributed by atoms with Crippen LogP contribution in [0, 0.1) is 0 Å². The van der Waals surface area contributed by atoms with Gasteiger partial charge in [-0.3, -0.25) is 10.00 Å². The molecule has 2 aromatic rings. The topological polar surface area (TPSA) is 54.0 Å². The molecule has 1 unspecified atom stereocenters. The van der Waals surface area contributed by atoms with Gasteiger partial charge in [0.1, 0.15) is 11.9 Å². The number of ether oxygens (including phenoxy) is 1. The minimum Gasteiger partial charge on any atom is -0.367 e. The highest BCUT2D eigenvalue weighted by molar-refractivity contribution is 7.98. The van der Waals surface area contributed by atoms with Crippen LogP contribution in [0.2, 0.25) is 0 Å². The van der Waals surface area contributed by atoms with Gasteiger partial charge in [-0.1, -0.05) is 37.3 Å². The number of H-pyrrole nitrogens is 1. The molecule has 5 nitrogen and oxygen atoms in total. The first-order valence-electron chi connectivity index (χ1n) is 8.22. The molecule has 1 saturated heterocycles. The van der Waals surface area contributed by atoms with E-state index in [1.54, 1.807) is 0 Å². The predicted octanol–water partition coefficient (Wildman–Crippen LogP) is 2.67. The van der Waals surface area contributed by atoms with Crippen molar-refractivity contribution in [3.63, 3.8) is 0 Å². The Hall–Kier alpha value is -1.37. The van der Waals surface area contributed by atoms with Crippen molar-refractivity contribution in [1.29, 1.82) is 0 Å². The summed E-state index contributed by atoms with van der Waals surface area (Å²) in [5, 5.41) is 7.26. The number of aromatic amines is 1. The number of aromatic nitrogens is 3. The zero-order valence-corrected chi connectivity index (χ0v) is 14.4. The van der Waals surface area contributed by atoms with Crippen molar-refractivity contribution in [3.05, 3.63) is 47.5 Å². The predicted molar refractivity (Wildman–Crippen MR) is 93.5 cm³/mol. The number of nitrogens with one attached hydrogen (secondary N) is 1. The maximum Gasteiger partial charge on any atom is 0.180 e. The van der Waals surface area contributed by atoms with Gasteiger partial charge in [-0.15, -0.1) is 0 Å². The van der Waals surface area contributed by atoms with Crippen LogP contribution in [0.3, 0.4) is 0 Å². The Morgan fingerprint density at radius 1 is 1.35 bits per heavy atom. The Bertz CT molecular complexity index is 589. The molecule has 1 aromatic heterocycles. The van der Waals surface area contributed by atoms with E-state index in [0.29, 0.717) is 0 Å². The largest absolute Gasteiger partial charge is 0.367 e. The first kappa shape index (κ1) is 16.5. The maximum absolute atomic E-state index is 5.83. The highest BCUT2D eigenvalue weighted by atomic mass is 32.2. The number of hydrogen-bond donors (Lipinski definition) is 1. The fourth-order valence-corrected chi connectivity index (χ4v) is 3.59. The Labute approximate surface area is 141 Å². The smallest absolute Gasteiger partial charge is 0.180 e. The summed E-state index contributed by atoms with van der Waals surface area (Å²) in [5.41, 5.74) is 1.39. The summed E-state index contributed by atoms with van der Waals surface area (Å²) in [6.45, 7) is 5.79. The van der Waals surface area contributed by atoms with Crippen molar-refractivity contribution in [2.24, 2.45) is 0 Å². The highest BCUT2D eigenvalue weighted by Gasteiger charge is 2.24. The number of nitrogens with zero attached hydrogens (tertiary/aromatic N) is 3. The minimum absolute atomic E-state index is 0.000534. The van der Waals surface area contributed by atoms with Gasteiger partial charge in [-0.05, 0) is 5.56 Å². The van der Waals surface area contributed by atoms with E-state index in [0.717, 1.165) is 55.8 Å². The van der Waals surface area contributed by atoms with E-state index in [1.165, 1.54) is 5.56 Å². The van der Waals surface area contributed by atoms with Crippen molar-refractivity contribution in [2.75, 3.05) is 32.0 Å². The lowest BCUT2D eigenvalue weighted by Crippen LogP contribution is -2.39. The summed E-state index contributed by atoms with van der Waals surface area (Å²) in [6.07, 6.45) is 0.874. The Kier molecular flexibility index (Phi) is 6.07. The quantitative estimate of drug-likeness (QED) is 0.790. The van der Waals surface area contributed by atoms with Gasteiger partial charge < -0.3 is 4.74 Å². The molecule has 1 N–H and O–H groups in total. The van der Waals surface area contributed by atoms with Crippen molar-refractivity contribution in [2.45, 2.75) is 25.2 Å². The molecule has 0 radical (unpaired) electrons. The van der Waals surface area contributed by atoms with Crippen molar-refractivity contribution >= 4 is 11.8 Å². The highest BCUT2D eigenvalue weighted by Crippen LogP contribution is 2.20. The fraction of sp³-hybridized carbons (Fsp3) is 0.529. The number of benzene rings is 1. The van der Waals surface area contributed by atoms with Gasteiger partial charge in [0.25, 0.3) is 0 Å². The van der Waals surface area contributed by atoms with Gasteiger partial charge in [-0.25, -0.2) is 4.98 Å². The molecule has 0 spiro atoms. The van der Waals surface area contributed by atoms with Crippen LogP contribution in [0.4, 0.5) is 0 Å². The Morgan fingerprint density at radius 3 is 3.00 bits per heavy atom. The maximum atomic E-state index is 5.83. The summed E-state index contributed by atoms with van der Waals surface area (Å²) < 4.78 is 5.83. The van der Waals surface area contributed by atoms with E-state index in [-0.39, 0.29) is 6.10 Å². The number of rotatable bonds is 7. The molecule has 1 aromatic carbocycles. The van der Waals surface area contributed by atoms with Crippen LogP contribution in [0.15, 0.2) is 30.3 Å². The molecule has 0 saturated carbocycles. The van der Waals surface area contributed by atoms with Crippen LogP contribution in [0.25, 0.3) is 0 Å². The third-order valence-electron chi connectivity index (χ3n) is 3.99. The Morgan fingerprint density at radius 2 is 2.22 bits per heavy atom. The van der Waals surface area contributed by atoms with E-state index >= 15 is 0 Å². The third-order valence-corrected chi connectivity index (χ3v) is 4.99. The average Bonchev–Trinajstić information content (AvgIpc) is 3.09. The molecule has 23 heavy (non-hydrogen) atoms. The molecule has 1 aliphatic heterocycles. The molecule has 6 heteroatoms. The molecule has 0 aliphatic carbocycles. The zero-order chi connectivity index (χ0) is 15.9. The molecule has 1 aliphatic rings. The van der Waals surface area contributed by atoms with E-state index in [4.69, 9.17) is 4.74 Å². The lowest BCUT2D eigenvalue weighted by Gasteiger charge is -2.31. The summed E-state index contributed by atoms with van der Waals surface area (Å²) in [6, 6.07) is 10.6.